The van der Waals surface area contributed by atoms with Gasteiger partial charge in [0, 0.05) is 11.1 Å². The van der Waals surface area contributed by atoms with Gasteiger partial charge in [-0.1, -0.05) is 11.6 Å². The van der Waals surface area contributed by atoms with E-state index in [4.69, 9.17) is 22.2 Å². The number of benzene rings is 1. The van der Waals surface area contributed by atoms with Gasteiger partial charge in [-0.05, 0) is 27.6 Å². The van der Waals surface area contributed by atoms with Crippen molar-refractivity contribution in [3.63, 3.8) is 0 Å². The summed E-state index contributed by atoms with van der Waals surface area (Å²) >= 11 is 9.25. The van der Waals surface area contributed by atoms with Crippen molar-refractivity contribution in [2.24, 2.45) is 5.90 Å². The van der Waals surface area contributed by atoms with E-state index in [1.807, 2.05) is 6.07 Å². The number of ether oxygens (including phenoxy) is 1. The van der Waals surface area contributed by atoms with Crippen molar-refractivity contribution >= 4 is 27.5 Å². The topological polar surface area (TPSA) is 44.5 Å². The van der Waals surface area contributed by atoms with Gasteiger partial charge in [-0.3, -0.25) is 4.84 Å². The van der Waals surface area contributed by atoms with Gasteiger partial charge in [-0.25, -0.2) is 5.90 Å². The van der Waals surface area contributed by atoms with Gasteiger partial charge in [0.1, 0.15) is 5.75 Å². The Balaban J connectivity index is 3.05. The van der Waals surface area contributed by atoms with Crippen molar-refractivity contribution in [1.82, 2.24) is 0 Å². The summed E-state index contributed by atoms with van der Waals surface area (Å²) in [5.41, 5.74) is 0.817. The molecule has 0 saturated carbocycles. The molecular weight excluding hydrogens is 257 g/mol. The average Bonchev–Trinajstić information content (AvgIpc) is 2.11. The molecule has 1 rings (SSSR count). The summed E-state index contributed by atoms with van der Waals surface area (Å²) in [7, 11) is 1.58. The van der Waals surface area contributed by atoms with Crippen LogP contribution in [0.5, 0.6) is 5.75 Å². The Hall–Kier alpha value is -0.290. The fraction of sp³-hybridized carbons (Fsp3) is 0.250. The van der Waals surface area contributed by atoms with Gasteiger partial charge in [0.25, 0.3) is 0 Å². The van der Waals surface area contributed by atoms with E-state index >= 15 is 0 Å². The van der Waals surface area contributed by atoms with Crippen LogP contribution in [0, 0.1) is 0 Å². The van der Waals surface area contributed by atoms with Crippen LogP contribution < -0.4 is 10.6 Å². The Morgan fingerprint density at radius 2 is 2.23 bits per heavy atom. The van der Waals surface area contributed by atoms with Crippen LogP contribution in [0.15, 0.2) is 16.6 Å². The summed E-state index contributed by atoms with van der Waals surface area (Å²) < 4.78 is 5.88. The minimum atomic E-state index is 0.279. The van der Waals surface area contributed by atoms with E-state index in [-0.39, 0.29) is 6.61 Å². The predicted molar refractivity (Wildman–Crippen MR) is 54.7 cm³/mol. The fourth-order valence-electron chi connectivity index (χ4n) is 0.927. The van der Waals surface area contributed by atoms with E-state index in [1.54, 1.807) is 13.2 Å². The van der Waals surface area contributed by atoms with Crippen LogP contribution in [0.25, 0.3) is 0 Å². The molecule has 72 valence electrons. The van der Waals surface area contributed by atoms with Crippen LogP contribution in [0.1, 0.15) is 5.56 Å². The van der Waals surface area contributed by atoms with Crippen LogP contribution in [0.2, 0.25) is 5.02 Å². The van der Waals surface area contributed by atoms with Gasteiger partial charge in [-0.2, -0.15) is 0 Å². The van der Waals surface area contributed by atoms with Crippen molar-refractivity contribution in [2.75, 3.05) is 7.11 Å². The maximum atomic E-state index is 5.92. The molecule has 2 N–H and O–H groups in total. The Bertz CT molecular complexity index is 306. The quantitative estimate of drug-likeness (QED) is 0.855. The molecule has 1 aromatic rings. The second kappa shape index (κ2) is 4.81. The summed E-state index contributed by atoms with van der Waals surface area (Å²) in [5.74, 6) is 5.63. The van der Waals surface area contributed by atoms with Gasteiger partial charge in [-0.15, -0.1) is 0 Å². The Kier molecular flexibility index (Phi) is 3.99. The fourth-order valence-corrected chi connectivity index (χ4v) is 1.69. The third-order valence-corrected chi connectivity index (χ3v) is 2.53. The first-order valence-electron chi connectivity index (χ1n) is 3.52. The first kappa shape index (κ1) is 10.8. The molecule has 0 aliphatic heterocycles. The molecule has 0 bridgehead atoms. The Morgan fingerprint density at radius 1 is 1.54 bits per heavy atom. The second-order valence-electron chi connectivity index (χ2n) is 2.39. The molecule has 0 spiro atoms. The van der Waals surface area contributed by atoms with E-state index in [1.165, 1.54) is 0 Å². The summed E-state index contributed by atoms with van der Waals surface area (Å²) in [6.45, 7) is 0.279. The summed E-state index contributed by atoms with van der Waals surface area (Å²) in [4.78, 5) is 4.49. The van der Waals surface area contributed by atoms with Crippen LogP contribution in [0.4, 0.5) is 0 Å². The Labute approximate surface area is 89.9 Å². The lowest BCUT2D eigenvalue weighted by Crippen LogP contribution is -2.00. The summed E-state index contributed by atoms with van der Waals surface area (Å²) in [6, 6.07) is 3.52. The largest absolute Gasteiger partial charge is 0.496 e. The van der Waals surface area contributed by atoms with Crippen molar-refractivity contribution in [1.29, 1.82) is 0 Å². The monoisotopic (exact) mass is 265 g/mol. The third kappa shape index (κ3) is 2.57. The highest BCUT2D eigenvalue weighted by atomic mass is 79.9. The molecule has 3 nitrogen and oxygen atoms in total. The minimum Gasteiger partial charge on any atom is -0.496 e. The SMILES string of the molecule is COc1cc(Cl)c(CON)cc1Br. The molecule has 1 aromatic carbocycles. The number of halogens is 2. The molecule has 0 aliphatic rings. The summed E-state index contributed by atoms with van der Waals surface area (Å²) in [6.07, 6.45) is 0. The molecule has 0 aromatic heterocycles. The molecule has 0 amide bonds. The zero-order valence-electron chi connectivity index (χ0n) is 7.01. The minimum absolute atomic E-state index is 0.279. The van der Waals surface area contributed by atoms with E-state index in [9.17, 15) is 0 Å². The lowest BCUT2D eigenvalue weighted by atomic mass is 10.2. The van der Waals surface area contributed by atoms with E-state index < -0.39 is 0 Å². The standard InChI is InChI=1S/C8H9BrClNO2/c1-12-8-3-7(10)5(4-13-11)2-6(8)9/h2-3H,4,11H2,1H3. The normalized spacial score (nSPS) is 10.2. The van der Waals surface area contributed by atoms with Crippen molar-refractivity contribution in [3.8, 4) is 5.75 Å². The second-order valence-corrected chi connectivity index (χ2v) is 3.65. The van der Waals surface area contributed by atoms with Crippen molar-refractivity contribution < 1.29 is 9.57 Å². The molecule has 0 saturated heterocycles. The van der Waals surface area contributed by atoms with Crippen LogP contribution >= 0.6 is 27.5 Å². The molecule has 5 heteroatoms. The number of methoxy groups -OCH3 is 1. The zero-order valence-corrected chi connectivity index (χ0v) is 9.35. The number of nitrogens with two attached hydrogens (primary N) is 1. The number of hydrogen-bond donors (Lipinski definition) is 1. The first-order chi connectivity index (χ1) is 6.19. The lowest BCUT2D eigenvalue weighted by molar-refractivity contribution is 0.124. The van der Waals surface area contributed by atoms with Crippen molar-refractivity contribution in [3.05, 3.63) is 27.2 Å². The maximum Gasteiger partial charge on any atom is 0.134 e. The first-order valence-corrected chi connectivity index (χ1v) is 4.69. The van der Waals surface area contributed by atoms with Crippen molar-refractivity contribution in [2.45, 2.75) is 6.61 Å². The molecular formula is C8H9BrClNO2. The number of hydrogen-bond acceptors (Lipinski definition) is 3. The van der Waals surface area contributed by atoms with Gasteiger partial charge in [0.15, 0.2) is 0 Å². The molecule has 0 heterocycles. The molecule has 0 fully saturated rings. The highest BCUT2D eigenvalue weighted by Crippen LogP contribution is 2.31. The average molecular weight is 267 g/mol. The highest BCUT2D eigenvalue weighted by Gasteiger charge is 2.06. The predicted octanol–water partition coefficient (Wildman–Crippen LogP) is 2.50. The Morgan fingerprint density at radius 3 is 2.77 bits per heavy atom. The van der Waals surface area contributed by atoms with Gasteiger partial charge >= 0.3 is 0 Å². The molecule has 13 heavy (non-hydrogen) atoms. The van der Waals surface area contributed by atoms with Gasteiger partial charge < -0.3 is 4.74 Å². The van der Waals surface area contributed by atoms with E-state index in [0.29, 0.717) is 10.8 Å². The summed E-state index contributed by atoms with van der Waals surface area (Å²) in [5, 5.41) is 0.575. The number of rotatable bonds is 3. The third-order valence-electron chi connectivity index (χ3n) is 1.56. The van der Waals surface area contributed by atoms with Crippen LogP contribution in [0.3, 0.4) is 0 Å². The van der Waals surface area contributed by atoms with Gasteiger partial charge in [0.2, 0.25) is 0 Å². The van der Waals surface area contributed by atoms with E-state index in [0.717, 1.165) is 10.0 Å². The molecule has 0 atom stereocenters. The molecule has 0 radical (unpaired) electrons. The highest BCUT2D eigenvalue weighted by molar-refractivity contribution is 9.10. The molecule has 0 unspecified atom stereocenters. The smallest absolute Gasteiger partial charge is 0.134 e. The van der Waals surface area contributed by atoms with Gasteiger partial charge in [0.05, 0.1) is 18.2 Å². The zero-order chi connectivity index (χ0) is 9.84. The lowest BCUT2D eigenvalue weighted by Gasteiger charge is -2.07. The molecule has 0 aliphatic carbocycles. The van der Waals surface area contributed by atoms with Crippen LogP contribution in [-0.4, -0.2) is 7.11 Å². The maximum absolute atomic E-state index is 5.92. The van der Waals surface area contributed by atoms with Crippen LogP contribution in [-0.2, 0) is 11.4 Å². The van der Waals surface area contributed by atoms with E-state index in [2.05, 4.69) is 20.8 Å².